The molecule has 1 saturated heterocycles. The third-order valence-corrected chi connectivity index (χ3v) is 5.85. The Morgan fingerprint density at radius 2 is 2.39 bits per heavy atom. The molecule has 6 heteroatoms. The van der Waals surface area contributed by atoms with Crippen molar-refractivity contribution in [2.24, 2.45) is 0 Å². The number of fused-ring (bicyclic) bond motifs is 1. The highest BCUT2D eigenvalue weighted by atomic mass is 32.1. The molecule has 0 N–H and O–H groups in total. The normalized spacial score (nSPS) is 21.3. The van der Waals surface area contributed by atoms with Gasteiger partial charge in [0.2, 0.25) is 0 Å². The molecule has 0 saturated carbocycles. The quantitative estimate of drug-likeness (QED) is 0.850. The molecular weight excluding hydrogens is 310 g/mol. The summed E-state index contributed by atoms with van der Waals surface area (Å²) in [5.74, 6) is 0.165. The third-order valence-electron chi connectivity index (χ3n) is 4.63. The van der Waals surface area contributed by atoms with E-state index in [1.165, 1.54) is 16.0 Å². The first-order valence-corrected chi connectivity index (χ1v) is 9.02. The van der Waals surface area contributed by atoms with Gasteiger partial charge < -0.3 is 9.64 Å². The van der Waals surface area contributed by atoms with Crippen molar-refractivity contribution in [3.8, 4) is 0 Å². The van der Waals surface area contributed by atoms with Crippen LogP contribution in [-0.2, 0) is 17.8 Å². The summed E-state index contributed by atoms with van der Waals surface area (Å²) >= 11 is 1.64. The van der Waals surface area contributed by atoms with Crippen LogP contribution in [0.2, 0.25) is 0 Å². The first-order chi connectivity index (χ1) is 11.2. The van der Waals surface area contributed by atoms with E-state index in [1.807, 2.05) is 28.8 Å². The summed E-state index contributed by atoms with van der Waals surface area (Å²) in [7, 11) is 0. The second-order valence-electron chi connectivity index (χ2n) is 6.41. The van der Waals surface area contributed by atoms with Gasteiger partial charge in [-0.2, -0.15) is 5.10 Å². The Morgan fingerprint density at radius 1 is 1.48 bits per heavy atom. The molecule has 1 amide bonds. The molecule has 0 bridgehead atoms. The zero-order valence-corrected chi connectivity index (χ0v) is 14.1. The summed E-state index contributed by atoms with van der Waals surface area (Å²) in [4.78, 5) is 17.0. The van der Waals surface area contributed by atoms with Crippen LogP contribution in [0.25, 0.3) is 0 Å². The Kier molecular flexibility index (Phi) is 3.95. The predicted molar refractivity (Wildman–Crippen MR) is 88.8 cm³/mol. The lowest BCUT2D eigenvalue weighted by Crippen LogP contribution is -2.40. The van der Waals surface area contributed by atoms with Gasteiger partial charge in [-0.15, -0.1) is 11.3 Å². The molecule has 23 heavy (non-hydrogen) atoms. The minimum Gasteiger partial charge on any atom is -0.376 e. The lowest BCUT2D eigenvalue weighted by molar-refractivity contribution is 0.0677. The first kappa shape index (κ1) is 14.9. The van der Waals surface area contributed by atoms with E-state index in [2.05, 4.69) is 11.3 Å². The molecule has 5 nitrogen and oxygen atoms in total. The van der Waals surface area contributed by atoms with Crippen LogP contribution >= 0.6 is 11.3 Å². The Morgan fingerprint density at radius 3 is 3.17 bits per heavy atom. The summed E-state index contributed by atoms with van der Waals surface area (Å²) in [5, 5.41) is 4.42. The molecule has 2 aliphatic rings. The van der Waals surface area contributed by atoms with Gasteiger partial charge in [0, 0.05) is 30.6 Å². The molecular formula is C17H21N3O2S. The number of piperidine rings is 1. The number of carbonyl (C=O) groups excluding carboxylic acids is 1. The van der Waals surface area contributed by atoms with Gasteiger partial charge in [0.15, 0.2) is 0 Å². The number of nitrogens with zero attached hydrogens (tertiary/aromatic N) is 3. The second kappa shape index (κ2) is 6.09. The number of thiophene rings is 1. The van der Waals surface area contributed by atoms with E-state index in [4.69, 9.17) is 4.74 Å². The summed E-state index contributed by atoms with van der Waals surface area (Å²) in [6, 6.07) is 2.32. The maximum absolute atomic E-state index is 12.9. The van der Waals surface area contributed by atoms with Crippen LogP contribution in [0, 0.1) is 6.92 Å². The summed E-state index contributed by atoms with van der Waals surface area (Å²) < 4.78 is 7.50. The van der Waals surface area contributed by atoms with Crippen molar-refractivity contribution in [1.29, 1.82) is 0 Å². The first-order valence-electron chi connectivity index (χ1n) is 8.20. The number of ether oxygens (including phenoxy) is 1. The fourth-order valence-corrected chi connectivity index (χ4v) is 4.51. The van der Waals surface area contributed by atoms with Gasteiger partial charge >= 0.3 is 0 Å². The number of amides is 1. The van der Waals surface area contributed by atoms with Crippen LogP contribution in [0.5, 0.6) is 0 Å². The second-order valence-corrected chi connectivity index (χ2v) is 7.54. The fourth-order valence-electron chi connectivity index (χ4n) is 3.40. The number of aryl methyl sites for hydroxylation is 1. The van der Waals surface area contributed by atoms with Gasteiger partial charge in [0.25, 0.3) is 5.91 Å². The Hall–Kier alpha value is -1.66. The van der Waals surface area contributed by atoms with Crippen molar-refractivity contribution >= 4 is 17.2 Å². The van der Waals surface area contributed by atoms with Crippen molar-refractivity contribution in [3.63, 3.8) is 0 Å². The van der Waals surface area contributed by atoms with Crippen molar-refractivity contribution in [3.05, 3.63) is 39.3 Å². The van der Waals surface area contributed by atoms with E-state index in [1.54, 1.807) is 11.3 Å². The highest BCUT2D eigenvalue weighted by Gasteiger charge is 2.28. The van der Waals surface area contributed by atoms with Crippen LogP contribution in [0.4, 0.5) is 0 Å². The zero-order valence-electron chi connectivity index (χ0n) is 13.3. The highest BCUT2D eigenvalue weighted by molar-refractivity contribution is 7.14. The van der Waals surface area contributed by atoms with Crippen LogP contribution < -0.4 is 0 Å². The van der Waals surface area contributed by atoms with Gasteiger partial charge in [-0.3, -0.25) is 9.48 Å². The summed E-state index contributed by atoms with van der Waals surface area (Å²) in [5.41, 5.74) is 2.36. The van der Waals surface area contributed by atoms with E-state index in [9.17, 15) is 4.79 Å². The largest absolute Gasteiger partial charge is 0.376 e. The standard InChI is InChI=1S/C17H21N3O2S/c1-12-8-18-20(9-12)14-3-2-5-19(10-14)17(21)16-7-13-11-22-6-4-15(13)23-16/h7-9,14H,2-6,10-11H2,1H3/t14-/m0/s1. The lowest BCUT2D eigenvalue weighted by atomic mass is 10.1. The average Bonchev–Trinajstić information content (AvgIpc) is 3.20. The molecule has 122 valence electrons. The third kappa shape index (κ3) is 2.93. The van der Waals surface area contributed by atoms with E-state index in [0.29, 0.717) is 12.6 Å². The van der Waals surface area contributed by atoms with Gasteiger partial charge in [-0.05, 0) is 37.0 Å². The van der Waals surface area contributed by atoms with Crippen LogP contribution in [0.3, 0.4) is 0 Å². The molecule has 1 atom stereocenters. The maximum Gasteiger partial charge on any atom is 0.264 e. The molecule has 2 aromatic heterocycles. The van der Waals surface area contributed by atoms with Gasteiger partial charge in [0.1, 0.15) is 0 Å². The van der Waals surface area contributed by atoms with E-state index in [0.717, 1.165) is 43.8 Å². The van der Waals surface area contributed by atoms with E-state index >= 15 is 0 Å². The van der Waals surface area contributed by atoms with Crippen LogP contribution in [-0.4, -0.2) is 40.3 Å². The molecule has 2 aromatic rings. The van der Waals surface area contributed by atoms with Gasteiger partial charge in [-0.1, -0.05) is 0 Å². The molecule has 0 radical (unpaired) electrons. The van der Waals surface area contributed by atoms with Crippen LogP contribution in [0.15, 0.2) is 18.5 Å². The maximum atomic E-state index is 12.9. The summed E-state index contributed by atoms with van der Waals surface area (Å²) in [6.45, 7) is 5.06. The molecule has 0 aliphatic carbocycles. The molecule has 0 unspecified atom stereocenters. The number of hydrogen-bond acceptors (Lipinski definition) is 4. The van der Waals surface area contributed by atoms with Crippen LogP contribution in [0.1, 0.15) is 44.6 Å². The SMILES string of the molecule is Cc1cnn([C@H]2CCCN(C(=O)c3cc4c(s3)CCOC4)C2)c1. The van der Waals surface area contributed by atoms with E-state index < -0.39 is 0 Å². The number of hydrogen-bond donors (Lipinski definition) is 0. The number of aromatic nitrogens is 2. The lowest BCUT2D eigenvalue weighted by Gasteiger charge is -2.32. The molecule has 4 rings (SSSR count). The molecule has 4 heterocycles. The van der Waals surface area contributed by atoms with Crippen molar-refractivity contribution in [2.45, 2.75) is 38.8 Å². The minimum absolute atomic E-state index is 0.165. The molecule has 2 aliphatic heterocycles. The van der Waals surface area contributed by atoms with Crippen molar-refractivity contribution in [1.82, 2.24) is 14.7 Å². The zero-order chi connectivity index (χ0) is 15.8. The molecule has 1 fully saturated rings. The number of rotatable bonds is 2. The Bertz CT molecular complexity index is 698. The topological polar surface area (TPSA) is 47.4 Å². The highest BCUT2D eigenvalue weighted by Crippen LogP contribution is 2.29. The Balaban J connectivity index is 1.50. The monoisotopic (exact) mass is 331 g/mol. The van der Waals surface area contributed by atoms with Gasteiger partial charge in [-0.25, -0.2) is 0 Å². The van der Waals surface area contributed by atoms with Gasteiger partial charge in [0.05, 0.1) is 30.3 Å². The Labute approximate surface area is 139 Å². The average molecular weight is 331 g/mol. The fraction of sp³-hybridized carbons (Fsp3) is 0.529. The predicted octanol–water partition coefficient (Wildman–Crippen LogP) is 2.80. The smallest absolute Gasteiger partial charge is 0.264 e. The van der Waals surface area contributed by atoms with Crippen molar-refractivity contribution in [2.75, 3.05) is 19.7 Å². The van der Waals surface area contributed by atoms with Crippen molar-refractivity contribution < 1.29 is 9.53 Å². The van der Waals surface area contributed by atoms with E-state index in [-0.39, 0.29) is 5.91 Å². The molecule has 0 aromatic carbocycles. The minimum atomic E-state index is 0.165. The number of likely N-dealkylation sites (tertiary alicyclic amines) is 1. The molecule has 0 spiro atoms. The summed E-state index contributed by atoms with van der Waals surface area (Å²) in [6.07, 6.45) is 7.00. The number of carbonyl (C=O) groups is 1.